The molecule has 11 nitrogen and oxygen atoms in total. The number of fused-ring (bicyclic) bond motifs is 2. The van der Waals surface area contributed by atoms with Gasteiger partial charge in [0.15, 0.2) is 5.01 Å². The second kappa shape index (κ2) is 10.1. The fourth-order valence-electron chi connectivity index (χ4n) is 4.31. The molecule has 0 spiro atoms. The maximum absolute atomic E-state index is 13.4. The van der Waals surface area contributed by atoms with Crippen LogP contribution < -0.4 is 10.6 Å². The molecular formula is C23H26N6O5S3. The number of sulfonamides is 1. The lowest BCUT2D eigenvalue weighted by Crippen LogP contribution is -2.50. The number of hydrogen-bond donors (Lipinski definition) is 3. The first-order valence-corrected chi connectivity index (χ1v) is 14.7. The number of hydrogen-bond acceptors (Lipinski definition) is 10. The van der Waals surface area contributed by atoms with E-state index in [0.29, 0.717) is 40.9 Å². The molecule has 2 amide bonds. The zero-order valence-corrected chi connectivity index (χ0v) is 22.7. The zero-order chi connectivity index (χ0) is 26.3. The van der Waals surface area contributed by atoms with E-state index in [-0.39, 0.29) is 29.0 Å². The molecule has 4 heterocycles. The highest BCUT2D eigenvalue weighted by atomic mass is 32.2. The molecular weight excluding hydrogens is 536 g/mol. The molecule has 1 fully saturated rings. The van der Waals surface area contributed by atoms with Gasteiger partial charge < -0.3 is 15.0 Å². The number of carbonyl (C=O) groups is 2. The Kier molecular flexibility index (Phi) is 7.02. The van der Waals surface area contributed by atoms with E-state index in [2.05, 4.69) is 27.3 Å². The Bertz CT molecular complexity index is 1490. The van der Waals surface area contributed by atoms with Crippen LogP contribution in [0.5, 0.6) is 0 Å². The minimum Gasteiger partial charge on any atom is -0.453 e. The van der Waals surface area contributed by atoms with E-state index in [9.17, 15) is 18.0 Å². The Morgan fingerprint density at radius 3 is 2.68 bits per heavy atom. The zero-order valence-electron chi connectivity index (χ0n) is 20.2. The van der Waals surface area contributed by atoms with Crippen LogP contribution in [0.15, 0.2) is 28.5 Å². The van der Waals surface area contributed by atoms with Crippen LogP contribution in [0.25, 0.3) is 10.1 Å². The molecule has 3 N–H and O–H groups in total. The molecule has 2 aliphatic rings. The number of ether oxygens (including phenoxy) is 1. The summed E-state index contributed by atoms with van der Waals surface area (Å²) in [7, 11) is -2.54. The third-order valence-electron chi connectivity index (χ3n) is 6.39. The molecule has 0 radical (unpaired) electrons. The van der Waals surface area contributed by atoms with Gasteiger partial charge in [-0.2, -0.15) is 4.31 Å². The summed E-state index contributed by atoms with van der Waals surface area (Å²) in [5.74, 6) is -0.291. The van der Waals surface area contributed by atoms with E-state index in [4.69, 9.17) is 5.41 Å². The lowest BCUT2D eigenvalue weighted by molar-refractivity contribution is 0.0697. The number of piperazine rings is 1. The van der Waals surface area contributed by atoms with Crippen molar-refractivity contribution in [3.8, 4) is 0 Å². The lowest BCUT2D eigenvalue weighted by Gasteiger charge is -2.33. The van der Waals surface area contributed by atoms with Gasteiger partial charge in [-0.25, -0.2) is 18.2 Å². The lowest BCUT2D eigenvalue weighted by atomic mass is 10.1. The Hall–Kier alpha value is -2.91. The predicted octanol–water partition coefficient (Wildman–Crippen LogP) is 2.22. The Morgan fingerprint density at radius 2 is 1.95 bits per heavy atom. The van der Waals surface area contributed by atoms with Gasteiger partial charge in [0.05, 0.1) is 12.8 Å². The minimum atomic E-state index is -3.75. The van der Waals surface area contributed by atoms with Gasteiger partial charge in [-0.15, -0.1) is 22.7 Å². The molecule has 3 aromatic rings. The average Bonchev–Trinajstić information content (AvgIpc) is 3.52. The summed E-state index contributed by atoms with van der Waals surface area (Å²) in [5, 5.41) is 14.9. The van der Waals surface area contributed by atoms with Crippen LogP contribution in [0.1, 0.15) is 32.9 Å². The van der Waals surface area contributed by atoms with E-state index in [1.54, 1.807) is 29.2 Å². The number of benzene rings is 1. The standard InChI is InChI=1S/C23H26N6O5S3/c1-13-9-16-18(12-25-13)36-21(26-16)22(30)28-5-7-29(8-6-28)37(32,33)19-11-14-3-4-15(10-17(14)35-19)20(24)27-23(31)34-2/h3-4,10-11,13,25H,5-9,12H2,1-2H3,(H2,24,27,31). The number of rotatable bonds is 4. The number of nitrogens with one attached hydrogen (secondary N) is 3. The maximum Gasteiger partial charge on any atom is 0.412 e. The number of carbonyl (C=O) groups excluding carboxylic acids is 2. The number of alkyl carbamates (subject to hydrolysis) is 1. The quantitative estimate of drug-likeness (QED) is 0.327. The van der Waals surface area contributed by atoms with Crippen molar-refractivity contribution in [2.75, 3.05) is 33.3 Å². The Morgan fingerprint density at radius 1 is 1.19 bits per heavy atom. The SMILES string of the molecule is COC(=O)NC(=N)c1ccc2cc(S(=O)(=O)N3CCN(C(=O)c4nc5c(s4)CNC(C)C5)CC3)sc2c1. The van der Waals surface area contributed by atoms with Crippen LogP contribution in [-0.4, -0.2) is 79.8 Å². The van der Waals surface area contributed by atoms with Crippen molar-refractivity contribution in [2.24, 2.45) is 0 Å². The molecule has 5 rings (SSSR count). The van der Waals surface area contributed by atoms with E-state index in [0.717, 1.165) is 33.7 Å². The molecule has 1 unspecified atom stereocenters. The van der Waals surface area contributed by atoms with Crippen molar-refractivity contribution in [3.05, 3.63) is 45.4 Å². The van der Waals surface area contributed by atoms with Gasteiger partial charge in [-0.05, 0) is 24.4 Å². The first kappa shape index (κ1) is 25.7. The minimum absolute atomic E-state index is 0.140. The molecule has 0 aliphatic carbocycles. The fourth-order valence-corrected chi connectivity index (χ4v) is 8.33. The Labute approximate surface area is 222 Å². The molecule has 37 heavy (non-hydrogen) atoms. The van der Waals surface area contributed by atoms with Gasteiger partial charge in [0, 0.05) is 60.3 Å². The van der Waals surface area contributed by atoms with Crippen LogP contribution in [0, 0.1) is 5.41 Å². The first-order valence-electron chi connectivity index (χ1n) is 11.6. The van der Waals surface area contributed by atoms with Crippen molar-refractivity contribution in [2.45, 2.75) is 30.1 Å². The number of nitrogens with zero attached hydrogens (tertiary/aromatic N) is 3. The highest BCUT2D eigenvalue weighted by molar-refractivity contribution is 7.91. The summed E-state index contributed by atoms with van der Waals surface area (Å²) in [6.07, 6.45) is 0.0447. The number of thiophene rings is 1. The van der Waals surface area contributed by atoms with Crippen molar-refractivity contribution in [3.63, 3.8) is 0 Å². The fraction of sp³-hybridized carbons (Fsp3) is 0.391. The van der Waals surface area contributed by atoms with Crippen molar-refractivity contribution >= 4 is 60.6 Å². The highest BCUT2D eigenvalue weighted by Gasteiger charge is 2.33. The van der Waals surface area contributed by atoms with E-state index >= 15 is 0 Å². The van der Waals surface area contributed by atoms with E-state index < -0.39 is 16.1 Å². The van der Waals surface area contributed by atoms with E-state index in [1.807, 2.05) is 0 Å². The summed E-state index contributed by atoms with van der Waals surface area (Å²) in [6, 6.07) is 6.96. The average molecular weight is 563 g/mol. The van der Waals surface area contributed by atoms with Gasteiger partial charge in [0.1, 0.15) is 10.0 Å². The summed E-state index contributed by atoms with van der Waals surface area (Å²) in [6.45, 7) is 3.79. The molecule has 196 valence electrons. The number of thiazole rings is 1. The molecule has 0 saturated carbocycles. The summed E-state index contributed by atoms with van der Waals surface area (Å²) >= 11 is 2.52. The summed E-state index contributed by atoms with van der Waals surface area (Å²) < 4.78 is 33.5. The molecule has 14 heteroatoms. The smallest absolute Gasteiger partial charge is 0.412 e. The van der Waals surface area contributed by atoms with Gasteiger partial charge in [-0.1, -0.05) is 12.1 Å². The van der Waals surface area contributed by atoms with Gasteiger partial charge >= 0.3 is 6.09 Å². The summed E-state index contributed by atoms with van der Waals surface area (Å²) in [4.78, 5) is 31.8. The van der Waals surface area contributed by atoms with Gasteiger partial charge in [0.2, 0.25) is 0 Å². The van der Waals surface area contributed by atoms with Gasteiger partial charge in [0.25, 0.3) is 15.9 Å². The molecule has 1 saturated heterocycles. The van der Waals surface area contributed by atoms with Crippen molar-refractivity contribution in [1.29, 1.82) is 5.41 Å². The van der Waals surface area contributed by atoms with Crippen LogP contribution in [0.4, 0.5) is 4.79 Å². The molecule has 1 atom stereocenters. The van der Waals surface area contributed by atoms with Crippen LogP contribution in [0.3, 0.4) is 0 Å². The molecule has 0 bridgehead atoms. The number of amides is 2. The molecule has 2 aromatic heterocycles. The number of aromatic nitrogens is 1. The second-order valence-electron chi connectivity index (χ2n) is 8.88. The van der Waals surface area contributed by atoms with Crippen LogP contribution in [0.2, 0.25) is 0 Å². The molecule has 1 aromatic carbocycles. The third-order valence-corrected chi connectivity index (χ3v) is 10.9. The number of amidine groups is 1. The third kappa shape index (κ3) is 5.11. The first-order chi connectivity index (χ1) is 17.7. The largest absolute Gasteiger partial charge is 0.453 e. The Balaban J connectivity index is 1.26. The second-order valence-corrected chi connectivity index (χ2v) is 13.2. The van der Waals surface area contributed by atoms with Crippen LogP contribution >= 0.6 is 22.7 Å². The van der Waals surface area contributed by atoms with Crippen LogP contribution in [-0.2, 0) is 27.7 Å². The van der Waals surface area contributed by atoms with E-state index in [1.165, 1.54) is 22.8 Å². The van der Waals surface area contributed by atoms with Crippen molar-refractivity contribution < 1.29 is 22.7 Å². The predicted molar refractivity (Wildman–Crippen MR) is 141 cm³/mol. The maximum atomic E-state index is 13.4. The normalized spacial score (nSPS) is 18.4. The number of methoxy groups -OCH3 is 1. The van der Waals surface area contributed by atoms with Gasteiger partial charge in [-0.3, -0.25) is 15.5 Å². The van der Waals surface area contributed by atoms with Crippen molar-refractivity contribution in [1.82, 2.24) is 24.8 Å². The topological polar surface area (TPSA) is 145 Å². The highest BCUT2D eigenvalue weighted by Crippen LogP contribution is 2.32. The summed E-state index contributed by atoms with van der Waals surface area (Å²) in [5.41, 5.74) is 1.41. The molecule has 2 aliphatic heterocycles. The monoisotopic (exact) mass is 562 g/mol.